The average Bonchev–Trinajstić information content (AvgIpc) is 2.86. The van der Waals surface area contributed by atoms with Gasteiger partial charge in [-0.3, -0.25) is 0 Å². The first-order valence-corrected chi connectivity index (χ1v) is 12.6. The van der Waals surface area contributed by atoms with Gasteiger partial charge in [0.2, 0.25) is 0 Å². The molecule has 32 heavy (non-hydrogen) atoms. The van der Waals surface area contributed by atoms with Crippen molar-refractivity contribution in [3.63, 3.8) is 0 Å². The lowest BCUT2D eigenvalue weighted by Gasteiger charge is -2.29. The molecule has 4 rings (SSSR count). The van der Waals surface area contributed by atoms with Crippen LogP contribution >= 0.6 is 7.26 Å². The highest BCUT2D eigenvalue weighted by Crippen LogP contribution is 2.66. The topological polar surface area (TPSA) is 26.3 Å². The molecule has 2 nitrogen and oxygen atoms in total. The maximum atomic E-state index is 12.9. The maximum absolute atomic E-state index is 12.9. The molecule has 0 saturated carbocycles. The minimum absolute atomic E-state index is 0.321. The molecule has 0 amide bonds. The Labute approximate surface area is 190 Å². The van der Waals surface area contributed by atoms with E-state index in [4.69, 9.17) is 4.74 Å². The predicted octanol–water partition coefficient (Wildman–Crippen LogP) is 5.58. The third-order valence-corrected chi connectivity index (χ3v) is 9.73. The molecular formula is C29H26O2P+. The Balaban J connectivity index is 2.15. The summed E-state index contributed by atoms with van der Waals surface area (Å²) in [5, 5.41) is 4.56. The fourth-order valence-corrected chi connectivity index (χ4v) is 8.52. The average molecular weight is 437 g/mol. The number of carbonyl (C=O) groups is 1. The van der Waals surface area contributed by atoms with Gasteiger partial charge in [-0.05, 0) is 43.3 Å². The van der Waals surface area contributed by atoms with Crippen LogP contribution in [0.2, 0.25) is 0 Å². The van der Waals surface area contributed by atoms with E-state index >= 15 is 0 Å². The highest BCUT2D eigenvalue weighted by molar-refractivity contribution is 8.03. The highest BCUT2D eigenvalue weighted by atomic mass is 31.2. The van der Waals surface area contributed by atoms with Crippen LogP contribution in [-0.2, 0) is 9.53 Å². The van der Waals surface area contributed by atoms with Crippen LogP contribution < -0.4 is 15.9 Å². The van der Waals surface area contributed by atoms with E-state index in [9.17, 15) is 4.79 Å². The molecule has 4 aromatic rings. The summed E-state index contributed by atoms with van der Waals surface area (Å²) in [6.07, 6.45) is 1.71. The molecule has 0 atom stereocenters. The zero-order chi connectivity index (χ0) is 22.2. The Morgan fingerprint density at radius 3 is 1.41 bits per heavy atom. The van der Waals surface area contributed by atoms with E-state index in [2.05, 4.69) is 84.9 Å². The standard InChI is InChI=1S/C29H26O2P/c1-2-31-29(30)23-28(24-15-7-3-8-16-24)32(25-17-9-4-10-18-25,26-19-11-5-12-20-26)27-21-13-6-14-22-27/h3-23H,2H2,1H3/q+1/b28-23+. The minimum atomic E-state index is -2.40. The molecule has 0 unspecified atom stereocenters. The molecule has 0 fully saturated rings. The lowest BCUT2D eigenvalue weighted by atomic mass is 10.2. The van der Waals surface area contributed by atoms with Crippen molar-refractivity contribution in [1.29, 1.82) is 0 Å². The lowest BCUT2D eigenvalue weighted by molar-refractivity contribution is -0.137. The van der Waals surface area contributed by atoms with Crippen molar-refractivity contribution in [2.75, 3.05) is 6.61 Å². The number of benzene rings is 4. The van der Waals surface area contributed by atoms with E-state index in [-0.39, 0.29) is 5.97 Å². The summed E-state index contributed by atoms with van der Waals surface area (Å²) in [6, 6.07) is 41.8. The summed E-state index contributed by atoms with van der Waals surface area (Å²) in [5.74, 6) is -0.321. The summed E-state index contributed by atoms with van der Waals surface area (Å²) in [7, 11) is -2.40. The molecule has 0 bridgehead atoms. The molecular weight excluding hydrogens is 411 g/mol. The first kappa shape index (κ1) is 21.7. The van der Waals surface area contributed by atoms with E-state index in [0.29, 0.717) is 6.61 Å². The van der Waals surface area contributed by atoms with Gasteiger partial charge in [-0.25, -0.2) is 4.79 Å². The molecule has 3 heteroatoms. The summed E-state index contributed by atoms with van der Waals surface area (Å²) in [4.78, 5) is 12.9. The Morgan fingerprint density at radius 2 is 1.03 bits per heavy atom. The first-order valence-electron chi connectivity index (χ1n) is 10.8. The minimum Gasteiger partial charge on any atom is -0.463 e. The zero-order valence-electron chi connectivity index (χ0n) is 18.1. The van der Waals surface area contributed by atoms with E-state index in [1.807, 2.05) is 43.3 Å². The van der Waals surface area contributed by atoms with Crippen molar-refractivity contribution in [2.45, 2.75) is 6.92 Å². The van der Waals surface area contributed by atoms with Gasteiger partial charge in [0.25, 0.3) is 0 Å². The summed E-state index contributed by atoms with van der Waals surface area (Å²) >= 11 is 0. The number of hydrogen-bond donors (Lipinski definition) is 0. The first-order chi connectivity index (χ1) is 15.8. The SMILES string of the molecule is CCOC(=O)/C=C(\c1ccccc1)[P+](c1ccccc1)(c1ccccc1)c1ccccc1. The van der Waals surface area contributed by atoms with Gasteiger partial charge in [0.1, 0.15) is 28.5 Å². The van der Waals surface area contributed by atoms with Crippen molar-refractivity contribution in [3.8, 4) is 0 Å². The summed E-state index contributed by atoms with van der Waals surface area (Å²) < 4.78 is 5.40. The molecule has 0 N–H and O–H groups in total. The Hall–Kier alpha value is -3.48. The molecule has 0 spiro atoms. The van der Waals surface area contributed by atoms with Gasteiger partial charge in [-0.2, -0.15) is 0 Å². The molecule has 0 aliphatic carbocycles. The second-order valence-electron chi connectivity index (χ2n) is 7.33. The van der Waals surface area contributed by atoms with Crippen LogP contribution in [0.25, 0.3) is 5.31 Å². The fraction of sp³-hybridized carbons (Fsp3) is 0.0690. The smallest absolute Gasteiger partial charge is 0.334 e. The van der Waals surface area contributed by atoms with Crippen molar-refractivity contribution >= 4 is 34.5 Å². The fourth-order valence-electron chi connectivity index (χ4n) is 4.10. The molecule has 158 valence electrons. The Bertz CT molecular complexity index is 1070. The zero-order valence-corrected chi connectivity index (χ0v) is 19.0. The van der Waals surface area contributed by atoms with Gasteiger partial charge >= 0.3 is 5.97 Å². The van der Waals surface area contributed by atoms with Crippen LogP contribution in [-0.4, -0.2) is 12.6 Å². The molecule has 0 aromatic heterocycles. The maximum Gasteiger partial charge on any atom is 0.334 e. The van der Waals surface area contributed by atoms with Crippen LogP contribution in [0.1, 0.15) is 12.5 Å². The highest BCUT2D eigenvalue weighted by Gasteiger charge is 2.50. The number of ether oxygens (including phenoxy) is 1. The third-order valence-electron chi connectivity index (χ3n) is 5.40. The van der Waals surface area contributed by atoms with Crippen molar-refractivity contribution in [3.05, 3.63) is 133 Å². The number of rotatable bonds is 7. The van der Waals surface area contributed by atoms with Crippen molar-refractivity contribution < 1.29 is 9.53 Å². The lowest BCUT2D eigenvalue weighted by Crippen LogP contribution is -2.32. The molecule has 0 saturated heterocycles. The van der Waals surface area contributed by atoms with Gasteiger partial charge in [0, 0.05) is 5.56 Å². The summed E-state index contributed by atoms with van der Waals surface area (Å²) in [6.45, 7) is 2.17. The normalized spacial score (nSPS) is 11.7. The van der Waals surface area contributed by atoms with Crippen LogP contribution in [0.3, 0.4) is 0 Å². The Morgan fingerprint density at radius 1 is 0.656 bits per heavy atom. The van der Waals surface area contributed by atoms with Gasteiger partial charge in [-0.15, -0.1) is 0 Å². The van der Waals surface area contributed by atoms with E-state index in [1.54, 1.807) is 6.08 Å². The molecule has 4 aromatic carbocycles. The van der Waals surface area contributed by atoms with Crippen LogP contribution in [0.4, 0.5) is 0 Å². The predicted molar refractivity (Wildman–Crippen MR) is 136 cm³/mol. The van der Waals surface area contributed by atoms with Crippen LogP contribution in [0, 0.1) is 0 Å². The summed E-state index contributed by atoms with van der Waals surface area (Å²) in [5.41, 5.74) is 1.02. The third kappa shape index (κ3) is 4.28. The molecule has 0 radical (unpaired) electrons. The van der Waals surface area contributed by atoms with Crippen molar-refractivity contribution in [2.24, 2.45) is 0 Å². The number of esters is 1. The monoisotopic (exact) mass is 437 g/mol. The van der Waals surface area contributed by atoms with Gasteiger partial charge in [0.05, 0.1) is 12.7 Å². The van der Waals surface area contributed by atoms with Gasteiger partial charge < -0.3 is 4.74 Å². The second-order valence-corrected chi connectivity index (χ2v) is 10.7. The molecule has 0 heterocycles. The molecule has 0 aliphatic rings. The van der Waals surface area contributed by atoms with E-state index < -0.39 is 7.26 Å². The Kier molecular flexibility index (Phi) is 6.94. The van der Waals surface area contributed by atoms with Gasteiger partial charge in [-0.1, -0.05) is 84.9 Å². The van der Waals surface area contributed by atoms with Crippen LogP contribution in [0.15, 0.2) is 127 Å². The quantitative estimate of drug-likeness (QED) is 0.214. The second kappa shape index (κ2) is 10.2. The van der Waals surface area contributed by atoms with Crippen LogP contribution in [0.5, 0.6) is 0 Å². The number of carbonyl (C=O) groups excluding carboxylic acids is 1. The number of hydrogen-bond acceptors (Lipinski definition) is 2. The van der Waals surface area contributed by atoms with E-state index in [0.717, 1.165) is 10.9 Å². The van der Waals surface area contributed by atoms with Crippen molar-refractivity contribution in [1.82, 2.24) is 0 Å². The molecule has 0 aliphatic heterocycles. The van der Waals surface area contributed by atoms with E-state index in [1.165, 1.54) is 15.9 Å². The van der Waals surface area contributed by atoms with Gasteiger partial charge in [0.15, 0.2) is 0 Å². The largest absolute Gasteiger partial charge is 0.463 e.